The van der Waals surface area contributed by atoms with E-state index in [-0.39, 0.29) is 6.61 Å². The van der Waals surface area contributed by atoms with Crippen molar-refractivity contribution in [1.82, 2.24) is 4.98 Å². The van der Waals surface area contributed by atoms with Gasteiger partial charge in [-0.1, -0.05) is 0 Å². The number of hydrogen-bond acceptors (Lipinski definition) is 3. The van der Waals surface area contributed by atoms with Gasteiger partial charge in [-0.05, 0) is 28.4 Å². The van der Waals surface area contributed by atoms with Crippen LogP contribution in [-0.2, 0) is 6.61 Å². The van der Waals surface area contributed by atoms with Gasteiger partial charge >= 0.3 is 0 Å². The molecule has 0 aliphatic rings. The van der Waals surface area contributed by atoms with E-state index in [4.69, 9.17) is 10.8 Å². The van der Waals surface area contributed by atoms with Crippen LogP contribution in [0.2, 0.25) is 0 Å². The Morgan fingerprint density at radius 1 is 1.73 bits per heavy atom. The molecule has 0 radical (unpaired) electrons. The molecule has 0 saturated carbocycles. The summed E-state index contributed by atoms with van der Waals surface area (Å²) in [5.74, 6) is 0.396. The van der Waals surface area contributed by atoms with Crippen molar-refractivity contribution < 1.29 is 5.11 Å². The fraction of sp³-hybridized carbons (Fsp3) is 0.286. The highest BCUT2D eigenvalue weighted by Gasteiger charge is 2.05. The van der Waals surface area contributed by atoms with Crippen LogP contribution < -0.4 is 5.73 Å². The minimum atomic E-state index is -0.0654. The van der Waals surface area contributed by atoms with Gasteiger partial charge in [-0.15, -0.1) is 0 Å². The van der Waals surface area contributed by atoms with Crippen LogP contribution in [0.25, 0.3) is 0 Å². The molecular weight excluding hydrogens is 208 g/mol. The summed E-state index contributed by atoms with van der Waals surface area (Å²) < 4.78 is 0.871. The smallest absolute Gasteiger partial charge is 0.129 e. The van der Waals surface area contributed by atoms with Crippen LogP contribution in [-0.4, -0.2) is 10.1 Å². The predicted octanol–water partition coefficient (Wildman–Crippen LogP) is 1.23. The molecule has 0 aliphatic carbocycles. The average molecular weight is 217 g/mol. The number of nitrogens with zero attached hydrogens (tertiary/aromatic N) is 1. The second-order valence-corrected chi connectivity index (χ2v) is 3.11. The second kappa shape index (κ2) is 3.19. The summed E-state index contributed by atoms with van der Waals surface area (Å²) in [6.07, 6.45) is 1.63. The van der Waals surface area contributed by atoms with Crippen LogP contribution in [0.3, 0.4) is 0 Å². The zero-order chi connectivity index (χ0) is 8.43. The summed E-state index contributed by atoms with van der Waals surface area (Å²) in [6.45, 7) is 1.82. The van der Waals surface area contributed by atoms with Crippen LogP contribution in [0, 0.1) is 6.92 Å². The Bertz CT molecular complexity index is 275. The van der Waals surface area contributed by atoms with E-state index in [2.05, 4.69) is 20.9 Å². The first kappa shape index (κ1) is 8.49. The summed E-state index contributed by atoms with van der Waals surface area (Å²) in [6, 6.07) is 0. The zero-order valence-corrected chi connectivity index (χ0v) is 7.72. The van der Waals surface area contributed by atoms with Crippen molar-refractivity contribution >= 4 is 21.7 Å². The van der Waals surface area contributed by atoms with Gasteiger partial charge in [-0.2, -0.15) is 0 Å². The third-order valence-corrected chi connectivity index (χ3v) is 2.39. The van der Waals surface area contributed by atoms with Crippen LogP contribution in [0.4, 0.5) is 5.82 Å². The molecule has 11 heavy (non-hydrogen) atoms. The maximum Gasteiger partial charge on any atom is 0.129 e. The molecule has 0 spiro atoms. The number of aliphatic hydroxyl groups excluding tert-OH is 1. The fourth-order valence-electron chi connectivity index (χ4n) is 0.837. The molecule has 1 heterocycles. The number of aliphatic hydroxyl groups is 1. The topological polar surface area (TPSA) is 59.1 Å². The Kier molecular flexibility index (Phi) is 2.46. The van der Waals surface area contributed by atoms with Crippen molar-refractivity contribution in [2.24, 2.45) is 0 Å². The molecule has 3 nitrogen and oxygen atoms in total. The molecule has 4 heteroatoms. The fourth-order valence-corrected chi connectivity index (χ4v) is 1.18. The first-order valence-corrected chi connectivity index (χ1v) is 3.96. The lowest BCUT2D eigenvalue weighted by Crippen LogP contribution is -2.00. The number of nitrogen functional groups attached to an aromatic ring is 1. The SMILES string of the molecule is Cc1c(Br)cnc(N)c1CO. The summed E-state index contributed by atoms with van der Waals surface area (Å²) >= 11 is 3.29. The molecule has 0 fully saturated rings. The largest absolute Gasteiger partial charge is 0.392 e. The lowest BCUT2D eigenvalue weighted by Gasteiger charge is -2.06. The van der Waals surface area contributed by atoms with Gasteiger partial charge in [0.2, 0.25) is 0 Å². The van der Waals surface area contributed by atoms with Gasteiger partial charge in [0, 0.05) is 16.2 Å². The van der Waals surface area contributed by atoms with Crippen LogP contribution in [0.5, 0.6) is 0 Å². The van der Waals surface area contributed by atoms with E-state index >= 15 is 0 Å². The van der Waals surface area contributed by atoms with Gasteiger partial charge in [-0.25, -0.2) is 4.98 Å². The Hall–Kier alpha value is -0.610. The van der Waals surface area contributed by atoms with E-state index < -0.39 is 0 Å². The number of anilines is 1. The van der Waals surface area contributed by atoms with Crippen molar-refractivity contribution in [3.63, 3.8) is 0 Å². The molecule has 1 rings (SSSR count). The van der Waals surface area contributed by atoms with Crippen LogP contribution >= 0.6 is 15.9 Å². The maximum atomic E-state index is 8.88. The summed E-state index contributed by atoms with van der Waals surface area (Å²) in [5, 5.41) is 8.88. The predicted molar refractivity (Wildman–Crippen MR) is 47.0 cm³/mol. The molecule has 0 unspecified atom stereocenters. The Morgan fingerprint density at radius 2 is 2.36 bits per heavy atom. The summed E-state index contributed by atoms with van der Waals surface area (Å²) in [5.41, 5.74) is 7.15. The van der Waals surface area contributed by atoms with E-state index in [9.17, 15) is 0 Å². The highest BCUT2D eigenvalue weighted by atomic mass is 79.9. The van der Waals surface area contributed by atoms with Crippen LogP contribution in [0.1, 0.15) is 11.1 Å². The van der Waals surface area contributed by atoms with Gasteiger partial charge in [0.25, 0.3) is 0 Å². The standard InChI is InChI=1S/C7H9BrN2O/c1-4-5(3-11)7(9)10-2-6(4)8/h2,11H,3H2,1H3,(H2,9,10). The molecule has 0 saturated heterocycles. The van der Waals surface area contributed by atoms with Crippen molar-refractivity contribution in [2.45, 2.75) is 13.5 Å². The third kappa shape index (κ3) is 1.52. The van der Waals surface area contributed by atoms with E-state index in [0.717, 1.165) is 10.0 Å². The van der Waals surface area contributed by atoms with Crippen molar-refractivity contribution in [3.8, 4) is 0 Å². The van der Waals surface area contributed by atoms with Gasteiger partial charge in [0.05, 0.1) is 6.61 Å². The number of rotatable bonds is 1. The molecule has 1 aromatic rings. The number of aromatic nitrogens is 1. The Morgan fingerprint density at radius 3 is 2.82 bits per heavy atom. The molecule has 1 aromatic heterocycles. The molecule has 3 N–H and O–H groups in total. The first-order valence-electron chi connectivity index (χ1n) is 3.17. The third-order valence-electron chi connectivity index (χ3n) is 1.60. The van der Waals surface area contributed by atoms with Gasteiger partial charge in [-0.3, -0.25) is 0 Å². The van der Waals surface area contributed by atoms with E-state index in [0.29, 0.717) is 11.4 Å². The molecule has 0 atom stereocenters. The highest BCUT2D eigenvalue weighted by molar-refractivity contribution is 9.10. The molecule has 60 valence electrons. The maximum absolute atomic E-state index is 8.88. The molecule has 0 bridgehead atoms. The Balaban J connectivity index is 3.29. The number of pyridine rings is 1. The highest BCUT2D eigenvalue weighted by Crippen LogP contribution is 2.21. The quantitative estimate of drug-likeness (QED) is 0.743. The monoisotopic (exact) mass is 216 g/mol. The average Bonchev–Trinajstić information content (AvgIpc) is 1.99. The molecule has 0 aliphatic heterocycles. The minimum absolute atomic E-state index is 0.0654. The second-order valence-electron chi connectivity index (χ2n) is 2.25. The van der Waals surface area contributed by atoms with E-state index in [1.165, 1.54) is 0 Å². The lowest BCUT2D eigenvalue weighted by molar-refractivity contribution is 0.281. The summed E-state index contributed by atoms with van der Waals surface area (Å²) in [7, 11) is 0. The number of nitrogens with two attached hydrogens (primary N) is 1. The lowest BCUT2D eigenvalue weighted by atomic mass is 10.1. The number of hydrogen-bond donors (Lipinski definition) is 2. The molecule has 0 aromatic carbocycles. The zero-order valence-electron chi connectivity index (χ0n) is 6.13. The minimum Gasteiger partial charge on any atom is -0.392 e. The van der Waals surface area contributed by atoms with Crippen molar-refractivity contribution in [3.05, 3.63) is 21.8 Å². The van der Waals surface area contributed by atoms with Crippen molar-refractivity contribution in [1.29, 1.82) is 0 Å². The van der Waals surface area contributed by atoms with Gasteiger partial charge in [0.15, 0.2) is 0 Å². The first-order chi connectivity index (χ1) is 5.16. The van der Waals surface area contributed by atoms with Gasteiger partial charge in [0.1, 0.15) is 5.82 Å². The Labute approximate surface area is 73.4 Å². The van der Waals surface area contributed by atoms with E-state index in [1.807, 2.05) is 6.92 Å². The van der Waals surface area contributed by atoms with Crippen LogP contribution in [0.15, 0.2) is 10.7 Å². The van der Waals surface area contributed by atoms with Gasteiger partial charge < -0.3 is 10.8 Å². The van der Waals surface area contributed by atoms with Crippen molar-refractivity contribution in [2.75, 3.05) is 5.73 Å². The molecule has 0 amide bonds. The number of halogens is 1. The van der Waals surface area contributed by atoms with E-state index in [1.54, 1.807) is 6.20 Å². The normalized spacial score (nSPS) is 10.1. The molecular formula is C7H9BrN2O. The summed E-state index contributed by atoms with van der Waals surface area (Å²) in [4.78, 5) is 3.88.